The van der Waals surface area contributed by atoms with E-state index in [1.54, 1.807) is 18.2 Å². The first kappa shape index (κ1) is 16.1. The standard InChI is InChI=1S/C14H12BrF2NO2S/c15-13-3-1-2-4-14(13)21(19,20)18-6-5-10-7-11(16)9-12(17)8-10/h1-4,7-9,18H,5-6H2. The first-order valence-corrected chi connectivity index (χ1v) is 8.35. The Kier molecular flexibility index (Phi) is 5.08. The summed E-state index contributed by atoms with van der Waals surface area (Å²) in [7, 11) is -3.67. The maximum atomic E-state index is 13.0. The molecule has 3 nitrogen and oxygen atoms in total. The van der Waals surface area contributed by atoms with Crippen LogP contribution in [0.2, 0.25) is 0 Å². The molecule has 2 rings (SSSR count). The lowest BCUT2D eigenvalue weighted by molar-refractivity contribution is 0.576. The van der Waals surface area contributed by atoms with E-state index in [-0.39, 0.29) is 17.9 Å². The Balaban J connectivity index is 2.04. The molecule has 0 unspecified atom stereocenters. The van der Waals surface area contributed by atoms with Gasteiger partial charge < -0.3 is 0 Å². The normalized spacial score (nSPS) is 11.6. The van der Waals surface area contributed by atoms with Crippen LogP contribution in [0.15, 0.2) is 51.8 Å². The Bertz CT molecular complexity index is 730. The summed E-state index contributed by atoms with van der Waals surface area (Å²) in [5.74, 6) is -1.36. The second-order valence-electron chi connectivity index (χ2n) is 4.36. The van der Waals surface area contributed by atoms with Crippen molar-refractivity contribution in [1.82, 2.24) is 4.72 Å². The van der Waals surface area contributed by atoms with Crippen LogP contribution < -0.4 is 4.72 Å². The highest BCUT2D eigenvalue weighted by molar-refractivity contribution is 9.10. The molecule has 0 atom stereocenters. The van der Waals surface area contributed by atoms with Gasteiger partial charge in [0.1, 0.15) is 11.6 Å². The van der Waals surface area contributed by atoms with Crippen molar-refractivity contribution in [2.24, 2.45) is 0 Å². The fraction of sp³-hybridized carbons (Fsp3) is 0.143. The largest absolute Gasteiger partial charge is 0.241 e. The SMILES string of the molecule is O=S(=O)(NCCc1cc(F)cc(F)c1)c1ccccc1Br. The zero-order chi connectivity index (χ0) is 15.5. The zero-order valence-electron chi connectivity index (χ0n) is 10.8. The van der Waals surface area contributed by atoms with Gasteiger partial charge in [-0.25, -0.2) is 21.9 Å². The van der Waals surface area contributed by atoms with Crippen molar-refractivity contribution < 1.29 is 17.2 Å². The molecule has 0 saturated heterocycles. The Morgan fingerprint density at radius 1 is 1.05 bits per heavy atom. The van der Waals surface area contributed by atoms with Gasteiger partial charge in [0.05, 0.1) is 4.90 Å². The fourth-order valence-electron chi connectivity index (χ4n) is 1.83. The van der Waals surface area contributed by atoms with Crippen LogP contribution in [0.5, 0.6) is 0 Å². The Hall–Kier alpha value is -1.31. The molecular formula is C14H12BrF2NO2S. The highest BCUT2D eigenvalue weighted by Gasteiger charge is 2.16. The Labute approximate surface area is 130 Å². The van der Waals surface area contributed by atoms with Gasteiger partial charge in [-0.2, -0.15) is 0 Å². The molecule has 7 heteroatoms. The minimum absolute atomic E-state index is 0.0482. The molecule has 21 heavy (non-hydrogen) atoms. The first-order chi connectivity index (χ1) is 9.88. The average Bonchev–Trinajstić information content (AvgIpc) is 2.37. The van der Waals surface area contributed by atoms with E-state index in [4.69, 9.17) is 0 Å². The van der Waals surface area contributed by atoms with Gasteiger partial charge in [0.2, 0.25) is 10.0 Å². The molecule has 0 aliphatic carbocycles. The fourth-order valence-corrected chi connectivity index (χ4v) is 3.86. The predicted octanol–water partition coefficient (Wildman–Crippen LogP) is 3.25. The quantitative estimate of drug-likeness (QED) is 0.871. The third kappa shape index (κ3) is 4.33. The number of rotatable bonds is 5. The van der Waals surface area contributed by atoms with E-state index in [2.05, 4.69) is 20.7 Å². The topological polar surface area (TPSA) is 46.2 Å². The summed E-state index contributed by atoms with van der Waals surface area (Å²) in [4.78, 5) is 0.121. The summed E-state index contributed by atoms with van der Waals surface area (Å²) in [5.41, 5.74) is 0.391. The van der Waals surface area contributed by atoms with Crippen LogP contribution in [-0.4, -0.2) is 15.0 Å². The molecule has 0 amide bonds. The number of sulfonamides is 1. The van der Waals surface area contributed by atoms with E-state index in [9.17, 15) is 17.2 Å². The van der Waals surface area contributed by atoms with Crippen molar-refractivity contribution in [3.63, 3.8) is 0 Å². The minimum atomic E-state index is -3.67. The van der Waals surface area contributed by atoms with Crippen molar-refractivity contribution >= 4 is 26.0 Å². The van der Waals surface area contributed by atoms with E-state index in [0.717, 1.165) is 6.07 Å². The molecule has 0 aliphatic rings. The van der Waals surface area contributed by atoms with E-state index in [1.165, 1.54) is 18.2 Å². The van der Waals surface area contributed by atoms with Crippen molar-refractivity contribution in [3.05, 3.63) is 64.1 Å². The van der Waals surface area contributed by atoms with Gasteiger partial charge >= 0.3 is 0 Å². The highest BCUT2D eigenvalue weighted by Crippen LogP contribution is 2.20. The summed E-state index contributed by atoms with van der Waals surface area (Å²) < 4.78 is 53.1. The van der Waals surface area contributed by atoms with E-state index in [0.29, 0.717) is 10.0 Å². The lowest BCUT2D eigenvalue weighted by atomic mass is 10.1. The average molecular weight is 376 g/mol. The second kappa shape index (κ2) is 6.64. The van der Waals surface area contributed by atoms with Crippen LogP contribution in [0.25, 0.3) is 0 Å². The van der Waals surface area contributed by atoms with E-state index < -0.39 is 21.7 Å². The van der Waals surface area contributed by atoms with Gasteiger partial charge in [0.15, 0.2) is 0 Å². The first-order valence-electron chi connectivity index (χ1n) is 6.08. The molecule has 0 saturated carbocycles. The molecule has 0 bridgehead atoms. The van der Waals surface area contributed by atoms with E-state index in [1.807, 2.05) is 0 Å². The summed E-state index contributed by atoms with van der Waals surface area (Å²) in [5, 5.41) is 0. The molecule has 0 aliphatic heterocycles. The lowest BCUT2D eigenvalue weighted by Crippen LogP contribution is -2.26. The van der Waals surface area contributed by atoms with Gasteiger partial charge in [0, 0.05) is 17.1 Å². The molecule has 1 N–H and O–H groups in total. The van der Waals surface area contributed by atoms with Crippen molar-refractivity contribution in [2.75, 3.05) is 6.54 Å². The smallest absolute Gasteiger partial charge is 0.211 e. The third-order valence-corrected chi connectivity index (χ3v) is 5.23. The van der Waals surface area contributed by atoms with E-state index >= 15 is 0 Å². The second-order valence-corrected chi connectivity index (χ2v) is 6.95. The number of hydrogen-bond donors (Lipinski definition) is 1. The maximum absolute atomic E-state index is 13.0. The maximum Gasteiger partial charge on any atom is 0.241 e. The van der Waals surface area contributed by atoms with Crippen LogP contribution in [0.3, 0.4) is 0 Å². The molecule has 112 valence electrons. The highest BCUT2D eigenvalue weighted by atomic mass is 79.9. The van der Waals surface area contributed by atoms with Crippen LogP contribution in [0.1, 0.15) is 5.56 Å². The Morgan fingerprint density at radius 2 is 1.67 bits per heavy atom. The van der Waals surface area contributed by atoms with Crippen LogP contribution in [-0.2, 0) is 16.4 Å². The van der Waals surface area contributed by atoms with Gasteiger partial charge in [-0.3, -0.25) is 0 Å². The molecule has 2 aromatic carbocycles. The summed E-state index contributed by atoms with van der Waals surface area (Å²) in [6.45, 7) is 0.0482. The van der Waals surface area contributed by atoms with Gasteiger partial charge in [0.25, 0.3) is 0 Å². The Morgan fingerprint density at radius 3 is 2.29 bits per heavy atom. The minimum Gasteiger partial charge on any atom is -0.211 e. The third-order valence-electron chi connectivity index (χ3n) is 2.75. The number of benzene rings is 2. The molecular weight excluding hydrogens is 364 g/mol. The van der Waals surface area contributed by atoms with Gasteiger partial charge in [-0.05, 0) is 52.2 Å². The molecule has 0 aromatic heterocycles. The summed E-state index contributed by atoms with van der Waals surface area (Å²) in [6.07, 6.45) is 0.193. The number of hydrogen-bond acceptors (Lipinski definition) is 2. The van der Waals surface area contributed by atoms with Crippen LogP contribution in [0, 0.1) is 11.6 Å². The molecule has 0 heterocycles. The van der Waals surface area contributed by atoms with Crippen molar-refractivity contribution in [3.8, 4) is 0 Å². The summed E-state index contributed by atoms with van der Waals surface area (Å²) in [6, 6.07) is 9.53. The van der Waals surface area contributed by atoms with Crippen LogP contribution >= 0.6 is 15.9 Å². The molecule has 0 radical (unpaired) electrons. The lowest BCUT2D eigenvalue weighted by Gasteiger charge is -2.08. The molecule has 0 fully saturated rings. The molecule has 0 spiro atoms. The summed E-state index contributed by atoms with van der Waals surface area (Å²) >= 11 is 3.17. The van der Waals surface area contributed by atoms with Crippen LogP contribution in [0.4, 0.5) is 8.78 Å². The van der Waals surface area contributed by atoms with Gasteiger partial charge in [-0.15, -0.1) is 0 Å². The number of nitrogens with one attached hydrogen (secondary N) is 1. The van der Waals surface area contributed by atoms with Crippen molar-refractivity contribution in [2.45, 2.75) is 11.3 Å². The van der Waals surface area contributed by atoms with Crippen molar-refractivity contribution in [1.29, 1.82) is 0 Å². The monoisotopic (exact) mass is 375 g/mol. The predicted molar refractivity (Wildman–Crippen MR) is 79.4 cm³/mol. The van der Waals surface area contributed by atoms with Gasteiger partial charge in [-0.1, -0.05) is 12.1 Å². The number of halogens is 3. The zero-order valence-corrected chi connectivity index (χ0v) is 13.2. The molecule has 2 aromatic rings.